The van der Waals surface area contributed by atoms with Crippen LogP contribution in [0.1, 0.15) is 70.3 Å². The predicted octanol–water partition coefficient (Wildman–Crippen LogP) is 13.9. The Bertz CT molecular complexity index is 2400. The molecule has 12 atom stereocenters. The van der Waals surface area contributed by atoms with E-state index in [1.54, 1.807) is 16.8 Å². The maximum Gasteiger partial charge on any atom is 0.0461 e. The van der Waals surface area contributed by atoms with Crippen LogP contribution < -0.4 is 9.80 Å². The van der Waals surface area contributed by atoms with Gasteiger partial charge in [-0.15, -0.1) is 0 Å². The molecule has 0 spiro atoms. The second-order valence-electron chi connectivity index (χ2n) is 19.7. The Labute approximate surface area is 358 Å². The fourth-order valence-electron chi connectivity index (χ4n) is 15.0. The van der Waals surface area contributed by atoms with Gasteiger partial charge in [-0.25, -0.2) is 0 Å². The van der Waals surface area contributed by atoms with Crippen molar-refractivity contribution >= 4 is 11.4 Å². The van der Waals surface area contributed by atoms with E-state index in [1.165, 1.54) is 66.9 Å². The Balaban J connectivity index is 0.881. The lowest BCUT2D eigenvalue weighted by Crippen LogP contribution is -2.63. The summed E-state index contributed by atoms with van der Waals surface area (Å²) in [6.07, 6.45) is 43.5. The molecule has 3 aromatic carbocycles. The van der Waals surface area contributed by atoms with Crippen LogP contribution in [-0.2, 0) is 5.41 Å². The van der Waals surface area contributed by atoms with Gasteiger partial charge in [-0.2, -0.15) is 0 Å². The molecule has 2 heteroatoms. The molecule has 0 saturated heterocycles. The van der Waals surface area contributed by atoms with E-state index < -0.39 is 0 Å². The van der Waals surface area contributed by atoms with Crippen LogP contribution in [-0.4, -0.2) is 6.04 Å². The Kier molecular flexibility index (Phi) is 9.08. The summed E-state index contributed by atoms with van der Waals surface area (Å²) in [5.41, 5.74) is 11.8. The summed E-state index contributed by atoms with van der Waals surface area (Å²) >= 11 is 0. The number of hydrogen-bond acceptors (Lipinski definition) is 2. The van der Waals surface area contributed by atoms with Crippen molar-refractivity contribution in [2.45, 2.75) is 76.2 Å². The summed E-state index contributed by atoms with van der Waals surface area (Å²) in [5, 5.41) is 0. The van der Waals surface area contributed by atoms with Crippen molar-refractivity contribution in [1.29, 1.82) is 0 Å². The van der Waals surface area contributed by atoms with Gasteiger partial charge >= 0.3 is 0 Å². The summed E-state index contributed by atoms with van der Waals surface area (Å²) in [6.45, 7) is 2.60. The molecule has 302 valence electrons. The normalized spacial score (nSPS) is 36.9. The van der Waals surface area contributed by atoms with Gasteiger partial charge in [-0.3, -0.25) is 0 Å². The monoisotopic (exact) mass is 784 g/mol. The third kappa shape index (κ3) is 5.58. The molecule has 0 aromatic heterocycles. The number of hydrogen-bond donors (Lipinski definition) is 0. The summed E-state index contributed by atoms with van der Waals surface area (Å²) < 4.78 is 0. The fourth-order valence-corrected chi connectivity index (χ4v) is 15.0. The number of para-hydroxylation sites is 2. The summed E-state index contributed by atoms with van der Waals surface area (Å²) in [4.78, 5) is 5.44. The Hall–Kier alpha value is -5.08. The standard InChI is InChI=1S/C58H60N2/c1-39-36-55-57-50(49-27-15-17-29-54(49)60(55)44-24-12-5-13-25-44)38-51(57)56(39)40-30-32-45(33-31-40)59(43-22-10-4-11-23-43)46-34-35-48-47-26-14-16-28-52(47)58(53(48)37-46,41-18-6-2-7-19-41)42-20-8-3-9-21-42/h2-15,18-20,22-27,30,32-34,37,39-40,42,47-48,50-52,55-57H,16-17,21,28-29,31,35-36,38H2,1H3/t39?,40?,42?,47?,48?,50?,51-,52?,55+,56?,57?,58?/m1/s1. The molecule has 9 aliphatic rings. The third-order valence-corrected chi connectivity index (χ3v) is 17.2. The molecular weight excluding hydrogens is 725 g/mol. The SMILES string of the molecule is CC1C[C@H]2C3C(C[C@@H]3C1C1C=CC(N(C3=CCC4C(=C3)C(c3ccccc3)(C3C=CC=CC3)C3CCC=CC43)c3ccccc3)=CC1)C1=C(CCC=C1)N2c1ccccc1. The minimum Gasteiger partial charge on any atom is -0.341 e. The Morgan fingerprint density at radius 1 is 0.683 bits per heavy atom. The average molecular weight is 785 g/mol. The van der Waals surface area contributed by atoms with Gasteiger partial charge in [0.15, 0.2) is 0 Å². The van der Waals surface area contributed by atoms with Gasteiger partial charge in [0.2, 0.25) is 0 Å². The first kappa shape index (κ1) is 36.7. The predicted molar refractivity (Wildman–Crippen MR) is 249 cm³/mol. The molecule has 0 bridgehead atoms. The van der Waals surface area contributed by atoms with Gasteiger partial charge < -0.3 is 9.80 Å². The zero-order valence-electron chi connectivity index (χ0n) is 35.3. The zero-order valence-corrected chi connectivity index (χ0v) is 35.3. The van der Waals surface area contributed by atoms with Crippen LogP contribution in [0.5, 0.6) is 0 Å². The molecular formula is C58H60N2. The largest absolute Gasteiger partial charge is 0.341 e. The number of anilines is 2. The van der Waals surface area contributed by atoms with Crippen molar-refractivity contribution in [3.05, 3.63) is 204 Å². The van der Waals surface area contributed by atoms with Crippen molar-refractivity contribution in [3.63, 3.8) is 0 Å². The lowest BCUT2D eigenvalue weighted by molar-refractivity contribution is -0.0619. The summed E-state index contributed by atoms with van der Waals surface area (Å²) in [7, 11) is 0. The molecule has 60 heavy (non-hydrogen) atoms. The highest BCUT2D eigenvalue weighted by molar-refractivity contribution is 5.66. The quantitative estimate of drug-likeness (QED) is 0.220. The highest BCUT2D eigenvalue weighted by atomic mass is 15.2. The number of nitrogens with zero attached hydrogens (tertiary/aromatic N) is 2. The highest BCUT2D eigenvalue weighted by Gasteiger charge is 2.61. The molecule has 3 saturated carbocycles. The van der Waals surface area contributed by atoms with Gasteiger partial charge in [-0.1, -0.05) is 146 Å². The second-order valence-corrected chi connectivity index (χ2v) is 19.7. The van der Waals surface area contributed by atoms with Gasteiger partial charge in [-0.05, 0) is 165 Å². The van der Waals surface area contributed by atoms with Crippen LogP contribution in [0.4, 0.5) is 11.4 Å². The lowest BCUT2D eigenvalue weighted by atomic mass is 9.45. The Morgan fingerprint density at radius 2 is 1.48 bits per heavy atom. The summed E-state index contributed by atoms with van der Waals surface area (Å²) in [6, 6.07) is 35.0. The van der Waals surface area contributed by atoms with Crippen LogP contribution in [0.15, 0.2) is 198 Å². The lowest BCUT2D eigenvalue weighted by Gasteiger charge is -2.65. The first-order valence-electron chi connectivity index (χ1n) is 23.6. The van der Waals surface area contributed by atoms with Crippen molar-refractivity contribution in [2.75, 3.05) is 9.80 Å². The van der Waals surface area contributed by atoms with Gasteiger partial charge in [0.05, 0.1) is 0 Å². The van der Waals surface area contributed by atoms with Crippen LogP contribution >= 0.6 is 0 Å². The molecule has 8 aliphatic carbocycles. The molecule has 12 rings (SSSR count). The van der Waals surface area contributed by atoms with Gasteiger partial charge in [0.1, 0.15) is 0 Å². The number of fused-ring (bicyclic) bond motifs is 4. The zero-order chi connectivity index (χ0) is 39.8. The first-order chi connectivity index (χ1) is 29.7. The van der Waals surface area contributed by atoms with Crippen LogP contribution in [0, 0.1) is 59.2 Å². The molecule has 0 N–H and O–H groups in total. The molecule has 2 nitrogen and oxygen atoms in total. The molecule has 1 heterocycles. The van der Waals surface area contributed by atoms with E-state index in [4.69, 9.17) is 0 Å². The minimum atomic E-state index is -0.0264. The van der Waals surface area contributed by atoms with E-state index in [2.05, 4.69) is 187 Å². The average Bonchev–Trinajstić information content (AvgIpc) is 3.60. The van der Waals surface area contributed by atoms with Gasteiger partial charge in [0, 0.05) is 39.9 Å². The van der Waals surface area contributed by atoms with Crippen molar-refractivity contribution in [3.8, 4) is 0 Å². The molecule has 0 amide bonds. The summed E-state index contributed by atoms with van der Waals surface area (Å²) in [5.74, 6) is 6.43. The Morgan fingerprint density at radius 3 is 2.27 bits per heavy atom. The number of rotatable bonds is 7. The molecule has 10 unspecified atom stereocenters. The van der Waals surface area contributed by atoms with Crippen LogP contribution in [0.2, 0.25) is 0 Å². The van der Waals surface area contributed by atoms with E-state index in [0.29, 0.717) is 41.5 Å². The molecule has 3 fully saturated rings. The molecule has 1 aliphatic heterocycles. The highest BCUT2D eigenvalue weighted by Crippen LogP contribution is 2.66. The van der Waals surface area contributed by atoms with Crippen molar-refractivity contribution in [2.24, 2.45) is 59.2 Å². The first-order valence-corrected chi connectivity index (χ1v) is 23.6. The second kappa shape index (κ2) is 14.8. The van der Waals surface area contributed by atoms with Crippen molar-refractivity contribution in [1.82, 2.24) is 0 Å². The van der Waals surface area contributed by atoms with Crippen molar-refractivity contribution < 1.29 is 0 Å². The maximum atomic E-state index is 2.82. The van der Waals surface area contributed by atoms with Crippen LogP contribution in [0.3, 0.4) is 0 Å². The van der Waals surface area contributed by atoms with E-state index in [1.807, 2.05) is 0 Å². The van der Waals surface area contributed by atoms with Gasteiger partial charge in [0.25, 0.3) is 0 Å². The van der Waals surface area contributed by atoms with E-state index >= 15 is 0 Å². The maximum absolute atomic E-state index is 2.82. The van der Waals surface area contributed by atoms with E-state index in [0.717, 1.165) is 42.9 Å². The number of benzene rings is 3. The molecule has 0 radical (unpaired) electrons. The third-order valence-electron chi connectivity index (χ3n) is 17.2. The topological polar surface area (TPSA) is 6.48 Å². The molecule has 3 aromatic rings. The van der Waals surface area contributed by atoms with E-state index in [9.17, 15) is 0 Å². The number of allylic oxidation sites excluding steroid dienone is 16. The van der Waals surface area contributed by atoms with E-state index in [-0.39, 0.29) is 5.41 Å². The minimum absolute atomic E-state index is 0.0264. The van der Waals surface area contributed by atoms with Crippen LogP contribution in [0.25, 0.3) is 0 Å². The smallest absolute Gasteiger partial charge is 0.0461 e. The fraction of sp³-hybridized carbons (Fsp3) is 0.379.